The second-order valence-electron chi connectivity index (χ2n) is 11.6. The Hall–Kier alpha value is -3.26. The van der Waals surface area contributed by atoms with Gasteiger partial charge in [0.15, 0.2) is 5.60 Å². The van der Waals surface area contributed by atoms with Crippen LogP contribution in [0.5, 0.6) is 5.75 Å². The van der Waals surface area contributed by atoms with E-state index >= 15 is 0 Å². The normalized spacial score (nSPS) is 19.8. The van der Waals surface area contributed by atoms with E-state index in [-0.39, 0.29) is 41.2 Å². The van der Waals surface area contributed by atoms with Crippen molar-refractivity contribution in [2.45, 2.75) is 63.2 Å². The quantitative estimate of drug-likeness (QED) is 0.313. The first-order valence-electron chi connectivity index (χ1n) is 14.3. The summed E-state index contributed by atoms with van der Waals surface area (Å²) < 4.78 is 50.3. The largest absolute Gasteiger partial charge is 0.490 e. The zero-order valence-electron chi connectivity index (χ0n) is 24.9. The number of alkyl halides is 3. The van der Waals surface area contributed by atoms with Crippen LogP contribution in [0.4, 0.5) is 18.9 Å². The van der Waals surface area contributed by atoms with E-state index in [1.54, 1.807) is 4.90 Å². The fourth-order valence-corrected chi connectivity index (χ4v) is 5.71. The number of nitrogens with zero attached hydrogens (tertiary/aromatic N) is 2. The van der Waals surface area contributed by atoms with Crippen molar-refractivity contribution in [3.63, 3.8) is 0 Å². The van der Waals surface area contributed by atoms with Crippen molar-refractivity contribution >= 4 is 46.7 Å². The summed E-state index contributed by atoms with van der Waals surface area (Å²) >= 11 is 12.3. The fourth-order valence-electron chi connectivity index (χ4n) is 5.38. The van der Waals surface area contributed by atoms with Gasteiger partial charge in [0, 0.05) is 37.3 Å². The van der Waals surface area contributed by atoms with Gasteiger partial charge in [-0.2, -0.15) is 13.2 Å². The molecule has 0 aromatic heterocycles. The maximum Gasteiger partial charge on any atom is 0.490 e. The zero-order chi connectivity index (χ0) is 33.1. The van der Waals surface area contributed by atoms with Crippen LogP contribution >= 0.6 is 23.2 Å². The summed E-state index contributed by atoms with van der Waals surface area (Å²) in [6.07, 6.45) is -4.99. The van der Waals surface area contributed by atoms with E-state index < -0.39 is 41.8 Å². The van der Waals surface area contributed by atoms with Crippen molar-refractivity contribution in [1.82, 2.24) is 15.5 Å². The molecule has 0 unspecified atom stereocenters. The van der Waals surface area contributed by atoms with Gasteiger partial charge < -0.3 is 30.1 Å². The Balaban J connectivity index is 1.55. The van der Waals surface area contributed by atoms with E-state index in [2.05, 4.69) is 15.5 Å². The third-order valence-corrected chi connectivity index (χ3v) is 8.40. The molecule has 0 aliphatic carbocycles. The Kier molecular flexibility index (Phi) is 10.8. The molecule has 0 saturated carbocycles. The highest BCUT2D eigenvalue weighted by Crippen LogP contribution is 2.37. The lowest BCUT2D eigenvalue weighted by Crippen LogP contribution is -2.51. The molecule has 4 rings (SSSR count). The number of aliphatic carboxylic acids is 1. The summed E-state index contributed by atoms with van der Waals surface area (Å²) in [6.45, 7) is 4.75. The number of amides is 1. The number of hydrogen-bond acceptors (Lipinski definition) is 8. The van der Waals surface area contributed by atoms with Crippen LogP contribution < -0.4 is 20.3 Å². The highest BCUT2D eigenvalue weighted by Gasteiger charge is 2.46. The van der Waals surface area contributed by atoms with Gasteiger partial charge in [-0.25, -0.2) is 9.59 Å². The van der Waals surface area contributed by atoms with E-state index in [9.17, 15) is 32.7 Å². The van der Waals surface area contributed by atoms with Crippen LogP contribution in [0.1, 0.15) is 42.6 Å². The molecule has 2 heterocycles. The summed E-state index contributed by atoms with van der Waals surface area (Å²) in [6, 6.07) is 9.48. The third kappa shape index (κ3) is 8.72. The number of piperidine rings is 1. The van der Waals surface area contributed by atoms with E-state index in [0.717, 1.165) is 25.2 Å². The summed E-state index contributed by atoms with van der Waals surface area (Å²) in [4.78, 5) is 40.3. The van der Waals surface area contributed by atoms with Gasteiger partial charge in [0.05, 0.1) is 28.9 Å². The molecule has 2 aromatic carbocycles. The van der Waals surface area contributed by atoms with Crippen LogP contribution in [0.2, 0.25) is 10.0 Å². The van der Waals surface area contributed by atoms with Crippen LogP contribution in [0.25, 0.3) is 0 Å². The minimum absolute atomic E-state index is 0.0362. The van der Waals surface area contributed by atoms with E-state index in [4.69, 9.17) is 32.7 Å². The number of carbonyl (C=O) groups is 3. The van der Waals surface area contributed by atoms with Crippen LogP contribution in [0.3, 0.4) is 0 Å². The first-order chi connectivity index (χ1) is 21.1. The number of esters is 1. The van der Waals surface area contributed by atoms with Crippen molar-refractivity contribution in [3.05, 3.63) is 57.6 Å². The maximum atomic E-state index is 13.2. The highest BCUT2D eigenvalue weighted by molar-refractivity contribution is 6.32. The molecule has 15 heteroatoms. The number of nitrogens with one attached hydrogen (secondary N) is 2. The topological polar surface area (TPSA) is 120 Å². The Morgan fingerprint density at radius 3 is 2.27 bits per heavy atom. The molecule has 0 bridgehead atoms. The van der Waals surface area contributed by atoms with Crippen molar-refractivity contribution < 1.29 is 42.1 Å². The maximum absolute atomic E-state index is 13.2. The molecule has 2 aliphatic rings. The van der Waals surface area contributed by atoms with E-state index in [1.165, 1.54) is 33.0 Å². The third-order valence-electron chi connectivity index (χ3n) is 7.86. The SMILES string of the molecule is CNC(=O)c1cc(Cl)c(OC(C)(C)C(=O)O)cc1N1C[C@H](NC2CCN(Cc3ccc(Cl)cc3)CC2)[C@@H](OC(=O)C(F)(F)F)C1. The van der Waals surface area contributed by atoms with E-state index in [0.29, 0.717) is 17.9 Å². The molecule has 2 aromatic rings. The number of carboxylic acids is 1. The second kappa shape index (κ2) is 14.0. The van der Waals surface area contributed by atoms with Crippen LogP contribution in [-0.4, -0.2) is 91.0 Å². The van der Waals surface area contributed by atoms with E-state index in [1.807, 2.05) is 24.3 Å². The number of benzene rings is 2. The predicted octanol–water partition coefficient (Wildman–Crippen LogP) is 4.51. The molecule has 2 saturated heterocycles. The Morgan fingerprint density at radius 2 is 1.69 bits per heavy atom. The fraction of sp³-hybridized carbons (Fsp3) is 0.500. The smallest absolute Gasteiger partial charge is 0.478 e. The van der Waals surface area contributed by atoms with Crippen molar-refractivity contribution in [2.24, 2.45) is 0 Å². The molecule has 1 amide bonds. The molecule has 2 aliphatic heterocycles. The van der Waals surface area contributed by atoms with Gasteiger partial charge in [-0.15, -0.1) is 0 Å². The molecule has 45 heavy (non-hydrogen) atoms. The summed E-state index contributed by atoms with van der Waals surface area (Å²) in [5.41, 5.74) is -0.260. The minimum atomic E-state index is -5.19. The number of rotatable bonds is 10. The van der Waals surface area contributed by atoms with Gasteiger partial charge in [0.25, 0.3) is 5.91 Å². The molecule has 2 fully saturated rings. The Bertz CT molecular complexity index is 1400. The zero-order valence-corrected chi connectivity index (χ0v) is 26.4. The molecule has 0 spiro atoms. The molecule has 0 radical (unpaired) electrons. The number of anilines is 1. The molecule has 246 valence electrons. The van der Waals surface area contributed by atoms with Gasteiger partial charge in [0.2, 0.25) is 0 Å². The van der Waals surface area contributed by atoms with Gasteiger partial charge in [0.1, 0.15) is 11.9 Å². The number of hydrogen-bond donors (Lipinski definition) is 3. The number of halogens is 5. The first-order valence-corrected chi connectivity index (χ1v) is 15.1. The lowest BCUT2D eigenvalue weighted by atomic mass is 10.0. The van der Waals surface area contributed by atoms with Crippen LogP contribution in [-0.2, 0) is 20.9 Å². The first kappa shape index (κ1) is 34.6. The molecular weight excluding hydrogens is 640 g/mol. The molecular formula is C30H35Cl2F3N4O6. The average Bonchev–Trinajstić information content (AvgIpc) is 3.36. The van der Waals surface area contributed by atoms with Gasteiger partial charge >= 0.3 is 18.1 Å². The number of carbonyl (C=O) groups excluding carboxylic acids is 2. The minimum Gasteiger partial charge on any atom is -0.478 e. The summed E-state index contributed by atoms with van der Waals surface area (Å²) in [5, 5.41) is 16.0. The number of carboxylic acid groups (broad SMARTS) is 1. The number of likely N-dealkylation sites (tertiary alicyclic amines) is 1. The second-order valence-corrected chi connectivity index (χ2v) is 12.4. The van der Waals surface area contributed by atoms with Crippen molar-refractivity contribution in [2.75, 3.05) is 38.1 Å². The van der Waals surface area contributed by atoms with Gasteiger partial charge in [-0.3, -0.25) is 9.69 Å². The molecule has 10 nitrogen and oxygen atoms in total. The van der Waals surface area contributed by atoms with Gasteiger partial charge in [-0.1, -0.05) is 35.3 Å². The summed E-state index contributed by atoms with van der Waals surface area (Å²) in [5.74, 6) is -4.16. The Labute approximate surface area is 268 Å². The Morgan fingerprint density at radius 1 is 1.04 bits per heavy atom. The predicted molar refractivity (Wildman–Crippen MR) is 162 cm³/mol. The van der Waals surface area contributed by atoms with Crippen LogP contribution in [0.15, 0.2) is 36.4 Å². The monoisotopic (exact) mass is 674 g/mol. The van der Waals surface area contributed by atoms with Crippen LogP contribution in [0, 0.1) is 0 Å². The standard InChI is InChI=1S/C30H35Cl2F3N4O6/c1-29(2,27(41)42)45-24-13-23(20(12-21(24)32)26(40)36-3)39-15-22(25(16-39)44-28(43)30(33,34)35)37-19-8-10-38(11-9-19)14-17-4-6-18(31)7-5-17/h4-7,12-13,19,22,25,37H,8-11,14-16H2,1-3H3,(H,36,40)(H,41,42)/t22-,25-/m0/s1. The molecule has 3 N–H and O–H groups in total. The lowest BCUT2D eigenvalue weighted by Gasteiger charge is -2.34. The number of ether oxygens (including phenoxy) is 2. The van der Waals surface area contributed by atoms with Crippen molar-refractivity contribution in [1.29, 1.82) is 0 Å². The van der Waals surface area contributed by atoms with Crippen molar-refractivity contribution in [3.8, 4) is 5.75 Å². The lowest BCUT2D eigenvalue weighted by molar-refractivity contribution is -0.204. The summed E-state index contributed by atoms with van der Waals surface area (Å²) in [7, 11) is 1.40. The average molecular weight is 676 g/mol. The van der Waals surface area contributed by atoms with Gasteiger partial charge in [-0.05, 0) is 63.5 Å². The molecule has 2 atom stereocenters. The highest BCUT2D eigenvalue weighted by atomic mass is 35.5.